The van der Waals surface area contributed by atoms with Crippen molar-refractivity contribution in [1.82, 2.24) is 10.3 Å². The molecular weight excluding hydrogens is 250 g/mol. The molecule has 100 valence electrons. The lowest BCUT2D eigenvalue weighted by Gasteiger charge is -2.08. The molecule has 0 fully saturated rings. The molecule has 0 atom stereocenters. The van der Waals surface area contributed by atoms with Crippen LogP contribution < -0.4 is 10.6 Å². The summed E-state index contributed by atoms with van der Waals surface area (Å²) in [6, 6.07) is 3.45. The Morgan fingerprint density at radius 3 is 2.78 bits per heavy atom. The van der Waals surface area contributed by atoms with E-state index in [0.717, 1.165) is 25.8 Å². The molecule has 1 rings (SSSR count). The van der Waals surface area contributed by atoms with Crippen molar-refractivity contribution < 1.29 is 4.79 Å². The van der Waals surface area contributed by atoms with Crippen LogP contribution >= 0.6 is 11.6 Å². The Bertz CT molecular complexity index is 396. The molecule has 0 radical (unpaired) electrons. The second-order valence-electron chi connectivity index (χ2n) is 4.02. The van der Waals surface area contributed by atoms with Gasteiger partial charge in [0.15, 0.2) is 0 Å². The minimum absolute atomic E-state index is 0.212. The Kier molecular flexibility index (Phi) is 6.50. The third kappa shape index (κ3) is 4.53. The molecule has 0 unspecified atom stereocenters. The molecule has 1 aromatic rings. The zero-order valence-electron chi connectivity index (χ0n) is 10.9. The summed E-state index contributed by atoms with van der Waals surface area (Å²) in [6.07, 6.45) is 3.22. The van der Waals surface area contributed by atoms with Gasteiger partial charge in [-0.3, -0.25) is 4.79 Å². The van der Waals surface area contributed by atoms with Crippen molar-refractivity contribution >= 4 is 23.3 Å². The lowest BCUT2D eigenvalue weighted by molar-refractivity contribution is 0.0948. The first-order chi connectivity index (χ1) is 8.69. The van der Waals surface area contributed by atoms with Gasteiger partial charge in [0.2, 0.25) is 0 Å². The molecule has 0 bridgehead atoms. The van der Waals surface area contributed by atoms with E-state index in [2.05, 4.69) is 22.5 Å². The number of pyridine rings is 1. The van der Waals surface area contributed by atoms with Gasteiger partial charge in [-0.05, 0) is 25.5 Å². The number of nitrogens with zero attached hydrogens (tertiary/aromatic N) is 1. The smallest absolute Gasteiger partial charge is 0.271 e. The van der Waals surface area contributed by atoms with Gasteiger partial charge in [-0.25, -0.2) is 4.98 Å². The summed E-state index contributed by atoms with van der Waals surface area (Å²) in [6.45, 7) is 5.52. The van der Waals surface area contributed by atoms with Gasteiger partial charge in [-0.2, -0.15) is 0 Å². The van der Waals surface area contributed by atoms with E-state index in [1.807, 2.05) is 6.92 Å². The van der Waals surface area contributed by atoms with Crippen LogP contribution in [0.2, 0.25) is 5.02 Å². The van der Waals surface area contributed by atoms with Crippen LogP contribution in [0.15, 0.2) is 12.1 Å². The first-order valence-corrected chi connectivity index (χ1v) is 6.75. The number of halogens is 1. The van der Waals surface area contributed by atoms with Crippen LogP contribution in [0.3, 0.4) is 0 Å². The molecule has 4 nitrogen and oxygen atoms in total. The minimum atomic E-state index is -0.212. The SMILES string of the molecule is CCCCCNC(=O)c1nc(NCC)ccc1Cl. The molecular formula is C13H20ClN3O. The number of aromatic nitrogens is 1. The number of amides is 1. The minimum Gasteiger partial charge on any atom is -0.370 e. The van der Waals surface area contributed by atoms with Gasteiger partial charge in [0.25, 0.3) is 5.91 Å². The van der Waals surface area contributed by atoms with E-state index >= 15 is 0 Å². The standard InChI is InChI=1S/C13H20ClN3O/c1-3-5-6-9-16-13(18)12-10(14)7-8-11(17-12)15-4-2/h7-8H,3-6,9H2,1-2H3,(H,15,17)(H,16,18). The van der Waals surface area contributed by atoms with E-state index in [1.165, 1.54) is 0 Å². The summed E-state index contributed by atoms with van der Waals surface area (Å²) in [5.41, 5.74) is 0.284. The Hall–Kier alpha value is -1.29. The monoisotopic (exact) mass is 269 g/mol. The van der Waals surface area contributed by atoms with Gasteiger partial charge in [0.05, 0.1) is 5.02 Å². The van der Waals surface area contributed by atoms with Crippen LogP contribution in [0.1, 0.15) is 43.6 Å². The largest absolute Gasteiger partial charge is 0.370 e. The van der Waals surface area contributed by atoms with Crippen molar-refractivity contribution in [2.24, 2.45) is 0 Å². The Balaban J connectivity index is 2.63. The van der Waals surface area contributed by atoms with Crippen LogP contribution in [-0.4, -0.2) is 24.0 Å². The van der Waals surface area contributed by atoms with Gasteiger partial charge in [0.1, 0.15) is 11.5 Å². The van der Waals surface area contributed by atoms with Crippen molar-refractivity contribution in [2.45, 2.75) is 33.1 Å². The average Bonchev–Trinajstić information content (AvgIpc) is 2.37. The number of nitrogens with one attached hydrogen (secondary N) is 2. The maximum Gasteiger partial charge on any atom is 0.271 e. The molecule has 0 spiro atoms. The lowest BCUT2D eigenvalue weighted by atomic mass is 10.2. The highest BCUT2D eigenvalue weighted by atomic mass is 35.5. The van der Waals surface area contributed by atoms with Crippen molar-refractivity contribution in [3.8, 4) is 0 Å². The fourth-order valence-electron chi connectivity index (χ4n) is 1.54. The first-order valence-electron chi connectivity index (χ1n) is 6.37. The van der Waals surface area contributed by atoms with E-state index in [0.29, 0.717) is 17.4 Å². The van der Waals surface area contributed by atoms with Gasteiger partial charge in [-0.1, -0.05) is 31.4 Å². The van der Waals surface area contributed by atoms with E-state index in [-0.39, 0.29) is 11.6 Å². The zero-order valence-corrected chi connectivity index (χ0v) is 11.7. The Labute approximate surface area is 113 Å². The number of anilines is 1. The summed E-state index contributed by atoms with van der Waals surface area (Å²) in [5, 5.41) is 6.27. The number of rotatable bonds is 7. The van der Waals surface area contributed by atoms with Crippen LogP contribution in [0.5, 0.6) is 0 Å². The van der Waals surface area contributed by atoms with Crippen molar-refractivity contribution in [3.05, 3.63) is 22.8 Å². The fraction of sp³-hybridized carbons (Fsp3) is 0.538. The number of hydrogen-bond donors (Lipinski definition) is 2. The molecule has 0 aliphatic rings. The summed E-state index contributed by atoms with van der Waals surface area (Å²) >= 11 is 5.98. The van der Waals surface area contributed by atoms with Crippen LogP contribution in [0.25, 0.3) is 0 Å². The second-order valence-corrected chi connectivity index (χ2v) is 4.43. The predicted molar refractivity (Wildman–Crippen MR) is 75.3 cm³/mol. The molecule has 0 saturated carbocycles. The molecule has 0 aliphatic carbocycles. The van der Waals surface area contributed by atoms with Gasteiger partial charge in [0, 0.05) is 13.1 Å². The third-order valence-corrected chi connectivity index (χ3v) is 2.79. The second kappa shape index (κ2) is 7.93. The van der Waals surface area contributed by atoms with Crippen molar-refractivity contribution in [3.63, 3.8) is 0 Å². The van der Waals surface area contributed by atoms with Gasteiger partial charge >= 0.3 is 0 Å². The molecule has 0 aromatic carbocycles. The number of unbranched alkanes of at least 4 members (excludes halogenated alkanes) is 2. The molecule has 2 N–H and O–H groups in total. The molecule has 5 heteroatoms. The Morgan fingerprint density at radius 1 is 1.33 bits per heavy atom. The normalized spacial score (nSPS) is 10.2. The maximum absolute atomic E-state index is 11.9. The predicted octanol–water partition coefficient (Wildman–Crippen LogP) is 3.09. The van der Waals surface area contributed by atoms with E-state index in [4.69, 9.17) is 11.6 Å². The van der Waals surface area contributed by atoms with Gasteiger partial charge < -0.3 is 10.6 Å². The third-order valence-electron chi connectivity index (χ3n) is 2.48. The van der Waals surface area contributed by atoms with Crippen molar-refractivity contribution in [2.75, 3.05) is 18.4 Å². The maximum atomic E-state index is 11.9. The summed E-state index contributed by atoms with van der Waals surface area (Å²) in [7, 11) is 0. The van der Waals surface area contributed by atoms with Crippen molar-refractivity contribution in [1.29, 1.82) is 0 Å². The zero-order chi connectivity index (χ0) is 13.4. The van der Waals surface area contributed by atoms with Crippen LogP contribution in [-0.2, 0) is 0 Å². The highest BCUT2D eigenvalue weighted by Crippen LogP contribution is 2.16. The fourth-order valence-corrected chi connectivity index (χ4v) is 1.73. The van der Waals surface area contributed by atoms with Crippen LogP contribution in [0, 0.1) is 0 Å². The molecule has 0 saturated heterocycles. The lowest BCUT2D eigenvalue weighted by Crippen LogP contribution is -2.26. The Morgan fingerprint density at radius 2 is 2.11 bits per heavy atom. The number of carbonyl (C=O) groups excluding carboxylic acids is 1. The highest BCUT2D eigenvalue weighted by molar-refractivity contribution is 6.33. The molecule has 0 aliphatic heterocycles. The topological polar surface area (TPSA) is 54.0 Å². The highest BCUT2D eigenvalue weighted by Gasteiger charge is 2.12. The summed E-state index contributed by atoms with van der Waals surface area (Å²) in [5.74, 6) is 0.455. The van der Waals surface area contributed by atoms with E-state index < -0.39 is 0 Å². The van der Waals surface area contributed by atoms with E-state index in [9.17, 15) is 4.79 Å². The molecule has 18 heavy (non-hydrogen) atoms. The van der Waals surface area contributed by atoms with E-state index in [1.54, 1.807) is 12.1 Å². The molecule has 1 heterocycles. The summed E-state index contributed by atoms with van der Waals surface area (Å²) < 4.78 is 0. The van der Waals surface area contributed by atoms with Crippen LogP contribution in [0.4, 0.5) is 5.82 Å². The van der Waals surface area contributed by atoms with Gasteiger partial charge in [-0.15, -0.1) is 0 Å². The number of hydrogen-bond acceptors (Lipinski definition) is 3. The molecule has 1 aromatic heterocycles. The summed E-state index contributed by atoms with van der Waals surface area (Å²) in [4.78, 5) is 16.1. The quantitative estimate of drug-likeness (QED) is 0.748. The molecule has 1 amide bonds. The average molecular weight is 270 g/mol. The first kappa shape index (κ1) is 14.8. The number of carbonyl (C=O) groups is 1.